The minimum Gasteiger partial charge on any atom is -0.493 e. The summed E-state index contributed by atoms with van der Waals surface area (Å²) in [5.41, 5.74) is 1.03. The molecule has 0 aliphatic carbocycles. The van der Waals surface area contributed by atoms with E-state index in [-0.39, 0.29) is 0 Å². The molecule has 19 heavy (non-hydrogen) atoms. The Kier molecular flexibility index (Phi) is 4.35. The normalized spacial score (nSPS) is 10.5. The number of ether oxygens (including phenoxy) is 2. The van der Waals surface area contributed by atoms with Crippen molar-refractivity contribution in [3.8, 4) is 11.5 Å². The van der Waals surface area contributed by atoms with Crippen molar-refractivity contribution >= 4 is 0 Å². The predicted octanol–water partition coefficient (Wildman–Crippen LogP) is 1.40. The Balaban J connectivity index is 2.13. The Bertz CT molecular complexity index is 540. The van der Waals surface area contributed by atoms with Gasteiger partial charge in [0.2, 0.25) is 5.89 Å². The number of benzene rings is 1. The maximum atomic E-state index is 5.26. The van der Waals surface area contributed by atoms with Crippen molar-refractivity contribution in [2.75, 3.05) is 21.3 Å². The number of nitrogens with zero attached hydrogens (tertiary/aromatic N) is 2. The summed E-state index contributed by atoms with van der Waals surface area (Å²) in [6.45, 7) is 0.593. The van der Waals surface area contributed by atoms with Gasteiger partial charge in [-0.2, -0.15) is 4.98 Å². The van der Waals surface area contributed by atoms with Gasteiger partial charge in [0.05, 0.1) is 27.2 Å². The zero-order valence-electron chi connectivity index (χ0n) is 11.3. The van der Waals surface area contributed by atoms with Gasteiger partial charge in [-0.15, -0.1) is 0 Å². The summed E-state index contributed by atoms with van der Waals surface area (Å²) in [7, 11) is 5.06. The van der Waals surface area contributed by atoms with Crippen LogP contribution in [-0.4, -0.2) is 31.4 Å². The summed E-state index contributed by atoms with van der Waals surface area (Å²) in [6.07, 6.45) is 0.567. The predicted molar refractivity (Wildman–Crippen MR) is 69.4 cm³/mol. The highest BCUT2D eigenvalue weighted by molar-refractivity contribution is 5.43. The van der Waals surface area contributed by atoms with Crippen LogP contribution in [0.25, 0.3) is 0 Å². The van der Waals surface area contributed by atoms with Crippen molar-refractivity contribution < 1.29 is 14.0 Å². The third-order valence-electron chi connectivity index (χ3n) is 2.65. The van der Waals surface area contributed by atoms with Crippen LogP contribution in [0.4, 0.5) is 0 Å². The van der Waals surface area contributed by atoms with Gasteiger partial charge in [-0.05, 0) is 24.7 Å². The molecule has 0 radical (unpaired) electrons. The minimum absolute atomic E-state index is 0.567. The Labute approximate surface area is 111 Å². The first-order valence-electron chi connectivity index (χ1n) is 5.93. The molecule has 1 N–H and O–H groups in total. The Morgan fingerprint density at radius 1 is 1.21 bits per heavy atom. The van der Waals surface area contributed by atoms with E-state index in [9.17, 15) is 0 Å². The third-order valence-corrected chi connectivity index (χ3v) is 2.65. The van der Waals surface area contributed by atoms with Crippen LogP contribution in [0.3, 0.4) is 0 Å². The summed E-state index contributed by atoms with van der Waals surface area (Å²) in [5, 5.41) is 6.85. The van der Waals surface area contributed by atoms with Crippen molar-refractivity contribution in [2.45, 2.75) is 13.0 Å². The van der Waals surface area contributed by atoms with E-state index >= 15 is 0 Å². The number of nitrogens with one attached hydrogen (secondary N) is 1. The quantitative estimate of drug-likeness (QED) is 0.849. The summed E-state index contributed by atoms with van der Waals surface area (Å²) in [5.74, 6) is 2.62. The van der Waals surface area contributed by atoms with Gasteiger partial charge in [0.15, 0.2) is 17.3 Å². The van der Waals surface area contributed by atoms with Gasteiger partial charge >= 0.3 is 0 Å². The monoisotopic (exact) mass is 263 g/mol. The molecule has 1 aromatic carbocycles. The Morgan fingerprint density at radius 2 is 2.00 bits per heavy atom. The van der Waals surface area contributed by atoms with E-state index in [4.69, 9.17) is 14.0 Å². The van der Waals surface area contributed by atoms with Crippen molar-refractivity contribution in [3.05, 3.63) is 35.5 Å². The summed E-state index contributed by atoms with van der Waals surface area (Å²) < 4.78 is 15.6. The molecule has 0 saturated carbocycles. The largest absolute Gasteiger partial charge is 0.493 e. The zero-order chi connectivity index (χ0) is 13.7. The number of aromatic nitrogens is 2. The summed E-state index contributed by atoms with van der Waals surface area (Å²) >= 11 is 0. The van der Waals surface area contributed by atoms with Crippen LogP contribution in [0.5, 0.6) is 11.5 Å². The van der Waals surface area contributed by atoms with Crippen molar-refractivity contribution in [1.29, 1.82) is 0 Å². The van der Waals surface area contributed by atoms with E-state index in [1.165, 1.54) is 0 Å². The second-order valence-corrected chi connectivity index (χ2v) is 4.00. The van der Waals surface area contributed by atoms with E-state index in [2.05, 4.69) is 15.5 Å². The number of hydrogen-bond acceptors (Lipinski definition) is 6. The smallest absolute Gasteiger partial charge is 0.231 e. The second kappa shape index (κ2) is 6.19. The minimum atomic E-state index is 0.567. The highest BCUT2D eigenvalue weighted by Gasteiger charge is 2.09. The molecule has 0 spiro atoms. The average Bonchev–Trinajstić information content (AvgIpc) is 2.86. The van der Waals surface area contributed by atoms with E-state index in [0.717, 1.165) is 5.56 Å². The van der Waals surface area contributed by atoms with Crippen LogP contribution in [0, 0.1) is 0 Å². The number of hydrogen-bond donors (Lipinski definition) is 1. The molecule has 0 unspecified atom stereocenters. The van der Waals surface area contributed by atoms with Gasteiger partial charge in [0, 0.05) is 0 Å². The topological polar surface area (TPSA) is 69.4 Å². The lowest BCUT2D eigenvalue weighted by Crippen LogP contribution is -2.06. The average molecular weight is 263 g/mol. The molecule has 6 heteroatoms. The van der Waals surface area contributed by atoms with Crippen LogP contribution in [-0.2, 0) is 13.0 Å². The molecule has 0 bridgehead atoms. The fourth-order valence-corrected chi connectivity index (χ4v) is 1.76. The lowest BCUT2D eigenvalue weighted by Gasteiger charge is -2.08. The molecule has 2 aromatic rings. The first-order chi connectivity index (χ1) is 9.26. The summed E-state index contributed by atoms with van der Waals surface area (Å²) in [4.78, 5) is 4.28. The molecule has 1 aromatic heterocycles. The van der Waals surface area contributed by atoms with Crippen molar-refractivity contribution in [3.63, 3.8) is 0 Å². The standard InChI is InChI=1S/C13H17N3O3/c1-14-8-12-15-13(19-16-12)7-9-4-5-10(17-2)11(6-9)18-3/h4-6,14H,7-8H2,1-3H3. The fraction of sp³-hybridized carbons (Fsp3) is 0.385. The van der Waals surface area contributed by atoms with Crippen LogP contribution < -0.4 is 14.8 Å². The van der Waals surface area contributed by atoms with Crippen LogP contribution in [0.15, 0.2) is 22.7 Å². The van der Waals surface area contributed by atoms with Crippen molar-refractivity contribution in [2.24, 2.45) is 0 Å². The molecule has 6 nitrogen and oxygen atoms in total. The molecular formula is C13H17N3O3. The molecule has 1 heterocycles. The Morgan fingerprint density at radius 3 is 2.68 bits per heavy atom. The SMILES string of the molecule is CNCc1noc(Cc2ccc(OC)c(OC)c2)n1. The number of methoxy groups -OCH3 is 2. The maximum Gasteiger partial charge on any atom is 0.231 e. The molecule has 0 amide bonds. The van der Waals surface area contributed by atoms with Gasteiger partial charge in [0.1, 0.15) is 0 Å². The first-order valence-corrected chi connectivity index (χ1v) is 5.93. The fourth-order valence-electron chi connectivity index (χ4n) is 1.76. The molecule has 0 aliphatic rings. The highest BCUT2D eigenvalue weighted by Crippen LogP contribution is 2.28. The molecular weight excluding hydrogens is 246 g/mol. The van der Waals surface area contributed by atoms with Gasteiger partial charge in [0.25, 0.3) is 0 Å². The van der Waals surface area contributed by atoms with Crippen molar-refractivity contribution in [1.82, 2.24) is 15.5 Å². The van der Waals surface area contributed by atoms with E-state index < -0.39 is 0 Å². The molecule has 102 valence electrons. The van der Waals surface area contributed by atoms with E-state index in [1.807, 2.05) is 25.2 Å². The molecule has 0 atom stereocenters. The number of rotatable bonds is 6. The lowest BCUT2D eigenvalue weighted by molar-refractivity contribution is 0.354. The zero-order valence-corrected chi connectivity index (χ0v) is 11.3. The Hall–Kier alpha value is -2.08. The van der Waals surface area contributed by atoms with E-state index in [0.29, 0.717) is 36.2 Å². The van der Waals surface area contributed by atoms with Gasteiger partial charge in [-0.3, -0.25) is 0 Å². The third kappa shape index (κ3) is 3.23. The molecule has 2 rings (SSSR count). The molecule has 0 fully saturated rings. The van der Waals surface area contributed by atoms with Crippen LogP contribution >= 0.6 is 0 Å². The highest BCUT2D eigenvalue weighted by atomic mass is 16.5. The second-order valence-electron chi connectivity index (χ2n) is 4.00. The van der Waals surface area contributed by atoms with Crippen LogP contribution in [0.2, 0.25) is 0 Å². The molecule has 0 aliphatic heterocycles. The van der Waals surface area contributed by atoms with E-state index in [1.54, 1.807) is 14.2 Å². The molecule has 0 saturated heterocycles. The summed E-state index contributed by atoms with van der Waals surface area (Å²) in [6, 6.07) is 5.71. The van der Waals surface area contributed by atoms with Crippen LogP contribution in [0.1, 0.15) is 17.3 Å². The van der Waals surface area contributed by atoms with Gasteiger partial charge in [-0.1, -0.05) is 11.2 Å². The van der Waals surface area contributed by atoms with Gasteiger partial charge in [-0.25, -0.2) is 0 Å². The van der Waals surface area contributed by atoms with Gasteiger partial charge < -0.3 is 19.3 Å². The maximum absolute atomic E-state index is 5.26. The first kappa shape index (κ1) is 13.4. The lowest BCUT2D eigenvalue weighted by atomic mass is 10.1.